The van der Waals surface area contributed by atoms with Gasteiger partial charge in [0, 0.05) is 19.3 Å². The Bertz CT molecular complexity index is 699. The van der Waals surface area contributed by atoms with Crippen LogP contribution in [0.3, 0.4) is 0 Å². The number of aryl methyl sites for hydroxylation is 1. The summed E-state index contributed by atoms with van der Waals surface area (Å²) in [5.74, 6) is 0.521. The zero-order valence-corrected chi connectivity index (χ0v) is 14.7. The number of hydrogen-bond acceptors (Lipinski definition) is 7. The quantitative estimate of drug-likeness (QED) is 0.855. The van der Waals surface area contributed by atoms with E-state index in [1.807, 2.05) is 13.2 Å². The topological polar surface area (TPSA) is 67.4 Å². The summed E-state index contributed by atoms with van der Waals surface area (Å²) in [6.07, 6.45) is 3.71. The molecule has 1 aliphatic heterocycles. The number of ether oxygens (including phenoxy) is 1. The molecule has 0 unspecified atom stereocenters. The van der Waals surface area contributed by atoms with Gasteiger partial charge in [0.2, 0.25) is 0 Å². The van der Waals surface area contributed by atoms with Gasteiger partial charge in [0.05, 0.1) is 28.7 Å². The van der Waals surface area contributed by atoms with E-state index in [1.54, 1.807) is 30.1 Å². The second kappa shape index (κ2) is 7.29. The number of nitrogens with one attached hydrogen (secondary N) is 1. The summed E-state index contributed by atoms with van der Waals surface area (Å²) in [7, 11) is 0. The maximum Gasteiger partial charge on any atom is 0.261 e. The lowest BCUT2D eigenvalue weighted by molar-refractivity contribution is 0.102. The van der Waals surface area contributed by atoms with Crippen molar-refractivity contribution >= 4 is 40.0 Å². The van der Waals surface area contributed by atoms with Gasteiger partial charge in [-0.15, -0.1) is 11.8 Å². The van der Waals surface area contributed by atoms with Crippen molar-refractivity contribution in [1.82, 2.24) is 9.97 Å². The molecule has 2 aromatic rings. The molecule has 6 nitrogen and oxygen atoms in total. The third-order valence-corrected chi connectivity index (χ3v) is 5.79. The van der Waals surface area contributed by atoms with Crippen molar-refractivity contribution in [3.63, 3.8) is 0 Å². The van der Waals surface area contributed by atoms with Crippen LogP contribution in [-0.4, -0.2) is 48.4 Å². The van der Waals surface area contributed by atoms with E-state index in [0.29, 0.717) is 29.7 Å². The molecule has 3 heterocycles. The molecule has 122 valence electrons. The predicted molar refractivity (Wildman–Crippen MR) is 93.9 cm³/mol. The first kappa shape index (κ1) is 16.2. The number of carbonyl (C=O) groups is 1. The highest BCUT2D eigenvalue weighted by molar-refractivity contribution is 8.00. The van der Waals surface area contributed by atoms with Crippen LogP contribution in [0.2, 0.25) is 0 Å². The van der Waals surface area contributed by atoms with Gasteiger partial charge < -0.3 is 9.64 Å². The molecule has 1 N–H and O–H groups in total. The summed E-state index contributed by atoms with van der Waals surface area (Å²) < 4.78 is 6.48. The van der Waals surface area contributed by atoms with Crippen LogP contribution < -0.4 is 10.2 Å². The maximum absolute atomic E-state index is 12.6. The molecular weight excluding hydrogens is 332 g/mol. The van der Waals surface area contributed by atoms with Crippen molar-refractivity contribution in [3.8, 4) is 0 Å². The predicted octanol–water partition coefficient (Wildman–Crippen LogP) is 2.66. The summed E-state index contributed by atoms with van der Waals surface area (Å²) in [6.45, 7) is 4.73. The van der Waals surface area contributed by atoms with E-state index in [9.17, 15) is 4.79 Å². The van der Waals surface area contributed by atoms with E-state index >= 15 is 0 Å². The van der Waals surface area contributed by atoms with Crippen LogP contribution >= 0.6 is 23.1 Å². The van der Waals surface area contributed by atoms with Crippen LogP contribution in [0.5, 0.6) is 0 Å². The number of amides is 1. The van der Waals surface area contributed by atoms with Crippen molar-refractivity contribution in [3.05, 3.63) is 29.6 Å². The fourth-order valence-corrected chi connectivity index (χ4v) is 4.00. The Morgan fingerprint density at radius 1 is 1.43 bits per heavy atom. The van der Waals surface area contributed by atoms with Gasteiger partial charge in [-0.05, 0) is 25.3 Å². The third-order valence-electron chi connectivity index (χ3n) is 3.50. The maximum atomic E-state index is 12.6. The molecule has 3 rings (SSSR count). The Morgan fingerprint density at radius 2 is 2.22 bits per heavy atom. The second-order valence-electron chi connectivity index (χ2n) is 5.02. The number of aromatic nitrogens is 2. The number of pyridine rings is 1. The third kappa shape index (κ3) is 3.65. The van der Waals surface area contributed by atoms with Crippen LogP contribution in [0.15, 0.2) is 22.5 Å². The highest BCUT2D eigenvalue weighted by Crippen LogP contribution is 2.31. The summed E-state index contributed by atoms with van der Waals surface area (Å²) in [5, 5.41) is 3.51. The lowest BCUT2D eigenvalue weighted by Crippen LogP contribution is -2.38. The highest BCUT2D eigenvalue weighted by atomic mass is 32.2. The summed E-state index contributed by atoms with van der Waals surface area (Å²) >= 11 is 3.13. The molecule has 0 bridgehead atoms. The normalized spacial score (nSPS) is 14.8. The largest absolute Gasteiger partial charge is 0.378 e. The number of nitrogens with zero attached hydrogens (tertiary/aromatic N) is 3. The summed E-state index contributed by atoms with van der Waals surface area (Å²) in [4.78, 5) is 23.5. The van der Waals surface area contributed by atoms with Gasteiger partial charge in [-0.3, -0.25) is 10.1 Å². The van der Waals surface area contributed by atoms with E-state index in [4.69, 9.17) is 4.74 Å². The average molecular weight is 350 g/mol. The lowest BCUT2D eigenvalue weighted by atomic mass is 10.2. The molecular formula is C15H18N4O2S2. The number of thioether (sulfide) groups is 1. The minimum Gasteiger partial charge on any atom is -0.378 e. The van der Waals surface area contributed by atoms with Crippen LogP contribution in [0.1, 0.15) is 16.1 Å². The molecule has 8 heteroatoms. The minimum atomic E-state index is -0.180. The van der Waals surface area contributed by atoms with Gasteiger partial charge in [-0.1, -0.05) is 11.3 Å². The number of hydrogen-bond donors (Lipinski definition) is 1. The molecule has 0 atom stereocenters. The number of thiazole rings is 1. The molecule has 2 aromatic heterocycles. The van der Waals surface area contributed by atoms with Crippen molar-refractivity contribution in [1.29, 1.82) is 0 Å². The SMILES string of the molecule is CSc1sc(NC(=O)c2cccnc2N2CCOCC2)nc1C. The monoisotopic (exact) mass is 350 g/mol. The Hall–Kier alpha value is -1.64. The fraction of sp³-hybridized carbons (Fsp3) is 0.400. The Kier molecular flexibility index (Phi) is 5.14. The van der Waals surface area contributed by atoms with Crippen LogP contribution in [0.4, 0.5) is 10.9 Å². The Morgan fingerprint density at radius 3 is 2.91 bits per heavy atom. The first-order chi connectivity index (χ1) is 11.2. The molecule has 0 aliphatic carbocycles. The van der Waals surface area contributed by atoms with Crippen molar-refractivity contribution < 1.29 is 9.53 Å². The highest BCUT2D eigenvalue weighted by Gasteiger charge is 2.20. The fourth-order valence-electron chi connectivity index (χ4n) is 2.39. The Labute approximate surface area is 143 Å². The molecule has 0 aromatic carbocycles. The van der Waals surface area contributed by atoms with Gasteiger partial charge >= 0.3 is 0 Å². The second-order valence-corrected chi connectivity index (χ2v) is 7.10. The van der Waals surface area contributed by atoms with E-state index in [1.165, 1.54) is 11.3 Å². The number of carbonyl (C=O) groups excluding carboxylic acids is 1. The van der Waals surface area contributed by atoms with Crippen molar-refractivity contribution in [2.24, 2.45) is 0 Å². The Balaban J connectivity index is 1.81. The minimum absolute atomic E-state index is 0.180. The molecule has 0 spiro atoms. The van der Waals surface area contributed by atoms with Gasteiger partial charge in [-0.25, -0.2) is 9.97 Å². The zero-order valence-electron chi connectivity index (χ0n) is 13.0. The number of anilines is 2. The first-order valence-corrected chi connectivity index (χ1v) is 9.33. The van der Waals surface area contributed by atoms with Crippen molar-refractivity contribution in [2.75, 3.05) is 42.8 Å². The van der Waals surface area contributed by atoms with E-state index in [2.05, 4.69) is 20.2 Å². The first-order valence-electron chi connectivity index (χ1n) is 7.29. The molecule has 1 aliphatic rings. The summed E-state index contributed by atoms with van der Waals surface area (Å²) in [5.41, 5.74) is 1.50. The van der Waals surface area contributed by atoms with Gasteiger partial charge in [0.25, 0.3) is 5.91 Å². The number of rotatable bonds is 4. The molecule has 0 saturated carbocycles. The van der Waals surface area contributed by atoms with Crippen LogP contribution in [-0.2, 0) is 4.74 Å². The van der Waals surface area contributed by atoms with E-state index < -0.39 is 0 Å². The van der Waals surface area contributed by atoms with Gasteiger partial charge in [0.15, 0.2) is 5.13 Å². The van der Waals surface area contributed by atoms with Gasteiger partial charge in [-0.2, -0.15) is 0 Å². The zero-order chi connectivity index (χ0) is 16.2. The van der Waals surface area contributed by atoms with Crippen LogP contribution in [0, 0.1) is 6.92 Å². The lowest BCUT2D eigenvalue weighted by Gasteiger charge is -2.29. The molecule has 23 heavy (non-hydrogen) atoms. The van der Waals surface area contributed by atoms with Crippen LogP contribution in [0.25, 0.3) is 0 Å². The molecule has 1 fully saturated rings. The van der Waals surface area contributed by atoms with E-state index in [0.717, 1.165) is 23.0 Å². The average Bonchev–Trinajstić information content (AvgIpc) is 2.95. The van der Waals surface area contributed by atoms with Crippen molar-refractivity contribution in [2.45, 2.75) is 11.1 Å². The summed E-state index contributed by atoms with van der Waals surface area (Å²) in [6, 6.07) is 3.57. The molecule has 1 saturated heterocycles. The van der Waals surface area contributed by atoms with Gasteiger partial charge in [0.1, 0.15) is 5.82 Å². The van der Waals surface area contributed by atoms with E-state index in [-0.39, 0.29) is 5.91 Å². The molecule has 1 amide bonds. The number of morpholine rings is 1. The molecule has 0 radical (unpaired) electrons. The standard InChI is InChI=1S/C15H18N4O2S2/c1-10-14(22-2)23-15(17-10)18-13(20)11-4-3-5-16-12(11)19-6-8-21-9-7-19/h3-5H,6-9H2,1-2H3,(H,17,18,20). The smallest absolute Gasteiger partial charge is 0.261 e.